The van der Waals surface area contributed by atoms with Crippen molar-refractivity contribution >= 4 is 29.7 Å². The number of methoxy groups -OCH3 is 1. The minimum atomic E-state index is -0.536. The smallest absolute Gasteiger partial charge is 0.349 e. The predicted octanol–water partition coefficient (Wildman–Crippen LogP) is 5.50. The fourth-order valence-corrected chi connectivity index (χ4v) is 2.66. The number of carbonyl (C=O) groups is 1. The second-order valence-electron chi connectivity index (χ2n) is 5.87. The van der Waals surface area contributed by atoms with E-state index in [1.807, 2.05) is 48.6 Å². The lowest BCUT2D eigenvalue weighted by molar-refractivity contribution is -0.136. The van der Waals surface area contributed by atoms with E-state index < -0.39 is 5.97 Å². The van der Waals surface area contributed by atoms with Crippen LogP contribution in [0, 0.1) is 0 Å². The molecular formula is C23H19ClO4. The van der Waals surface area contributed by atoms with Gasteiger partial charge < -0.3 is 14.2 Å². The molecule has 0 saturated carbocycles. The molecule has 0 bridgehead atoms. The molecule has 0 atom stereocenters. The summed E-state index contributed by atoms with van der Waals surface area (Å²) in [7, 11) is 1.53. The van der Waals surface area contributed by atoms with E-state index in [1.165, 1.54) is 7.11 Å². The van der Waals surface area contributed by atoms with Crippen molar-refractivity contribution < 1.29 is 19.0 Å². The highest BCUT2D eigenvalue weighted by atomic mass is 35.5. The van der Waals surface area contributed by atoms with Gasteiger partial charge in [-0.15, -0.1) is 0 Å². The van der Waals surface area contributed by atoms with Crippen LogP contribution in [0.2, 0.25) is 5.02 Å². The van der Waals surface area contributed by atoms with Crippen LogP contribution in [0.3, 0.4) is 0 Å². The summed E-state index contributed by atoms with van der Waals surface area (Å²) in [5, 5.41) is 0.534. The third-order valence-electron chi connectivity index (χ3n) is 3.83. The minimum Gasteiger partial charge on any atom is -0.493 e. The molecule has 0 fully saturated rings. The molecule has 0 aromatic heterocycles. The highest BCUT2D eigenvalue weighted by Gasteiger charge is 2.11. The summed E-state index contributed by atoms with van der Waals surface area (Å²) in [5.41, 5.74) is 2.02. The first-order valence-corrected chi connectivity index (χ1v) is 9.02. The van der Waals surface area contributed by atoms with E-state index in [9.17, 15) is 4.79 Å². The summed E-state index contributed by atoms with van der Waals surface area (Å²) in [4.78, 5) is 12.1. The first-order valence-electron chi connectivity index (χ1n) is 8.64. The van der Waals surface area contributed by atoms with Crippen molar-refractivity contribution in [3.63, 3.8) is 0 Å². The Bertz CT molecular complexity index is 967. The molecule has 0 aliphatic carbocycles. The van der Waals surface area contributed by atoms with Gasteiger partial charge in [-0.1, -0.05) is 66.2 Å². The highest BCUT2D eigenvalue weighted by molar-refractivity contribution is 6.30. The van der Waals surface area contributed by atoms with E-state index in [0.29, 0.717) is 22.3 Å². The zero-order valence-electron chi connectivity index (χ0n) is 15.3. The maximum Gasteiger partial charge on any atom is 0.349 e. The number of benzene rings is 3. The fraction of sp³-hybridized carbons (Fsp3) is 0.0870. The van der Waals surface area contributed by atoms with Crippen molar-refractivity contribution in [2.75, 3.05) is 13.7 Å². The summed E-state index contributed by atoms with van der Waals surface area (Å²) in [6, 6.07) is 22.1. The second kappa shape index (κ2) is 9.62. The Labute approximate surface area is 168 Å². The SMILES string of the molecule is COc1cc(/C=C/c2ccccc2)ccc1OC(=O)COc1cccc(Cl)c1. The van der Waals surface area contributed by atoms with Crippen LogP contribution < -0.4 is 14.2 Å². The Kier molecular flexibility index (Phi) is 6.71. The molecule has 0 amide bonds. The molecule has 4 nitrogen and oxygen atoms in total. The molecule has 0 aliphatic rings. The van der Waals surface area contributed by atoms with Crippen molar-refractivity contribution in [2.45, 2.75) is 0 Å². The molecule has 3 aromatic rings. The van der Waals surface area contributed by atoms with Crippen molar-refractivity contribution in [3.05, 3.63) is 88.9 Å². The number of rotatable bonds is 7. The minimum absolute atomic E-state index is 0.237. The largest absolute Gasteiger partial charge is 0.493 e. The van der Waals surface area contributed by atoms with Crippen molar-refractivity contribution in [1.29, 1.82) is 0 Å². The lowest BCUT2D eigenvalue weighted by Gasteiger charge is -2.11. The molecule has 142 valence electrons. The summed E-state index contributed by atoms with van der Waals surface area (Å²) in [5.74, 6) is 0.758. The van der Waals surface area contributed by atoms with Gasteiger partial charge in [0, 0.05) is 5.02 Å². The lowest BCUT2D eigenvalue weighted by Crippen LogP contribution is -2.18. The summed E-state index contributed by atoms with van der Waals surface area (Å²) in [6.07, 6.45) is 3.96. The number of ether oxygens (including phenoxy) is 3. The van der Waals surface area contributed by atoms with E-state index in [0.717, 1.165) is 11.1 Å². The molecule has 0 saturated heterocycles. The Morgan fingerprint density at radius 1 is 0.893 bits per heavy atom. The first-order chi connectivity index (χ1) is 13.6. The van der Waals surface area contributed by atoms with Crippen molar-refractivity contribution in [1.82, 2.24) is 0 Å². The third kappa shape index (κ3) is 5.63. The topological polar surface area (TPSA) is 44.8 Å². The Morgan fingerprint density at radius 3 is 2.43 bits per heavy atom. The number of hydrogen-bond acceptors (Lipinski definition) is 4. The normalized spacial score (nSPS) is 10.6. The van der Waals surface area contributed by atoms with Crippen LogP contribution in [-0.4, -0.2) is 19.7 Å². The summed E-state index contributed by atoms with van der Waals surface area (Å²) in [6.45, 7) is -0.237. The monoisotopic (exact) mass is 394 g/mol. The molecule has 0 N–H and O–H groups in total. The van der Waals surface area contributed by atoms with Gasteiger partial charge in [-0.3, -0.25) is 0 Å². The molecule has 5 heteroatoms. The Hall–Kier alpha value is -3.24. The number of esters is 1. The van der Waals surface area contributed by atoms with Crippen molar-refractivity contribution in [3.8, 4) is 17.2 Å². The van der Waals surface area contributed by atoms with E-state index in [4.69, 9.17) is 25.8 Å². The molecule has 0 spiro atoms. The van der Waals surface area contributed by atoms with Crippen LogP contribution >= 0.6 is 11.6 Å². The maximum atomic E-state index is 12.1. The second-order valence-corrected chi connectivity index (χ2v) is 6.31. The molecule has 0 radical (unpaired) electrons. The fourth-order valence-electron chi connectivity index (χ4n) is 2.48. The third-order valence-corrected chi connectivity index (χ3v) is 4.07. The number of halogens is 1. The first kappa shape index (κ1) is 19.5. The quantitative estimate of drug-likeness (QED) is 0.301. The molecule has 3 aromatic carbocycles. The molecule has 3 rings (SSSR count). The average molecular weight is 395 g/mol. The predicted molar refractivity (Wildman–Crippen MR) is 111 cm³/mol. The molecule has 0 unspecified atom stereocenters. The van der Waals surface area contributed by atoms with Crippen LogP contribution in [0.1, 0.15) is 11.1 Å². The molecule has 0 heterocycles. The maximum absolute atomic E-state index is 12.1. The molecule has 28 heavy (non-hydrogen) atoms. The Balaban J connectivity index is 1.63. The Morgan fingerprint density at radius 2 is 1.68 bits per heavy atom. The van der Waals surface area contributed by atoms with Gasteiger partial charge in [-0.25, -0.2) is 4.79 Å². The zero-order valence-corrected chi connectivity index (χ0v) is 16.1. The van der Waals surface area contributed by atoms with E-state index in [-0.39, 0.29) is 6.61 Å². The zero-order chi connectivity index (χ0) is 19.8. The molecule has 0 aliphatic heterocycles. The average Bonchev–Trinajstić information content (AvgIpc) is 2.72. The van der Waals surface area contributed by atoms with Crippen LogP contribution in [0.15, 0.2) is 72.8 Å². The van der Waals surface area contributed by atoms with Gasteiger partial charge in [-0.2, -0.15) is 0 Å². The van der Waals surface area contributed by atoms with Gasteiger partial charge in [0.1, 0.15) is 5.75 Å². The number of carbonyl (C=O) groups excluding carboxylic acids is 1. The lowest BCUT2D eigenvalue weighted by atomic mass is 10.1. The van der Waals surface area contributed by atoms with Crippen LogP contribution in [0.25, 0.3) is 12.2 Å². The molecular weight excluding hydrogens is 376 g/mol. The van der Waals surface area contributed by atoms with E-state index in [2.05, 4.69) is 0 Å². The van der Waals surface area contributed by atoms with Crippen LogP contribution in [0.5, 0.6) is 17.2 Å². The summed E-state index contributed by atoms with van der Waals surface area (Å²) >= 11 is 5.89. The van der Waals surface area contributed by atoms with Crippen molar-refractivity contribution in [2.24, 2.45) is 0 Å². The van der Waals surface area contributed by atoms with Gasteiger partial charge in [0.2, 0.25) is 0 Å². The van der Waals surface area contributed by atoms with E-state index >= 15 is 0 Å². The highest BCUT2D eigenvalue weighted by Crippen LogP contribution is 2.29. The van der Waals surface area contributed by atoms with Gasteiger partial charge in [0.15, 0.2) is 18.1 Å². The van der Waals surface area contributed by atoms with Gasteiger partial charge in [0.05, 0.1) is 7.11 Å². The standard InChI is InChI=1S/C23H19ClO4/c1-26-22-14-18(11-10-17-6-3-2-4-7-17)12-13-21(22)28-23(25)16-27-20-9-5-8-19(24)15-20/h2-15H,16H2,1H3/b11-10+. The van der Waals surface area contributed by atoms with Crippen LogP contribution in [0.4, 0.5) is 0 Å². The van der Waals surface area contributed by atoms with Gasteiger partial charge >= 0.3 is 5.97 Å². The van der Waals surface area contributed by atoms with Gasteiger partial charge in [0.25, 0.3) is 0 Å². The van der Waals surface area contributed by atoms with E-state index in [1.54, 1.807) is 36.4 Å². The van der Waals surface area contributed by atoms with Crippen LogP contribution in [-0.2, 0) is 4.79 Å². The van der Waals surface area contributed by atoms with Gasteiger partial charge in [-0.05, 0) is 41.5 Å². The summed E-state index contributed by atoms with van der Waals surface area (Å²) < 4.78 is 16.1. The number of hydrogen-bond donors (Lipinski definition) is 0.